The van der Waals surface area contributed by atoms with Crippen LogP contribution in [-0.2, 0) is 15.1 Å². The summed E-state index contributed by atoms with van der Waals surface area (Å²) in [7, 11) is 0. The normalized spacial score (nSPS) is 24.5. The molecular formula is C26H30NO4S2+. The van der Waals surface area contributed by atoms with Crippen LogP contribution in [0.25, 0.3) is 0 Å². The molecule has 0 spiro atoms. The maximum absolute atomic E-state index is 13.6. The number of carbonyl (C=O) groups excluding carboxylic acids is 1. The zero-order valence-electron chi connectivity index (χ0n) is 18.6. The number of hydrogen-bond acceptors (Lipinski definition) is 6. The molecule has 0 radical (unpaired) electrons. The van der Waals surface area contributed by atoms with Crippen LogP contribution < -0.4 is 4.74 Å². The number of quaternary nitrogens is 1. The van der Waals surface area contributed by atoms with Crippen molar-refractivity contribution in [2.75, 3.05) is 26.2 Å². The number of thiophene rings is 2. The van der Waals surface area contributed by atoms with Gasteiger partial charge in [-0.25, -0.2) is 4.79 Å². The van der Waals surface area contributed by atoms with Crippen LogP contribution in [0.2, 0.25) is 0 Å². The molecule has 7 heteroatoms. The number of nitrogens with zero attached hydrogens (tertiary/aromatic N) is 1. The lowest BCUT2D eigenvalue weighted by molar-refractivity contribution is -0.984. The molecule has 0 saturated carbocycles. The predicted octanol–water partition coefficient (Wildman–Crippen LogP) is 5.01. The van der Waals surface area contributed by atoms with Crippen LogP contribution in [-0.4, -0.2) is 48.0 Å². The summed E-state index contributed by atoms with van der Waals surface area (Å²) in [6.07, 6.45) is 3.90. The first-order valence-corrected chi connectivity index (χ1v) is 13.4. The Labute approximate surface area is 202 Å². The highest BCUT2D eigenvalue weighted by atomic mass is 32.1. The lowest BCUT2D eigenvalue weighted by Gasteiger charge is -2.53. The zero-order chi connectivity index (χ0) is 22.7. The Hall–Kier alpha value is -2.19. The number of carbonyl (C=O) groups is 1. The van der Waals surface area contributed by atoms with Crippen LogP contribution in [0.15, 0.2) is 65.4 Å². The highest BCUT2D eigenvalue weighted by Crippen LogP contribution is 2.42. The molecule has 3 fully saturated rings. The van der Waals surface area contributed by atoms with E-state index < -0.39 is 11.6 Å². The van der Waals surface area contributed by atoms with Gasteiger partial charge in [0, 0.05) is 25.7 Å². The van der Waals surface area contributed by atoms with Crippen molar-refractivity contribution < 1.29 is 23.9 Å². The van der Waals surface area contributed by atoms with E-state index in [0.29, 0.717) is 22.3 Å². The Kier molecular flexibility index (Phi) is 6.56. The summed E-state index contributed by atoms with van der Waals surface area (Å²) in [6.45, 7) is 3.59. The van der Waals surface area contributed by atoms with Gasteiger partial charge in [0.15, 0.2) is 0 Å². The van der Waals surface area contributed by atoms with Crippen LogP contribution >= 0.6 is 22.7 Å². The molecule has 33 heavy (non-hydrogen) atoms. The van der Waals surface area contributed by atoms with Gasteiger partial charge in [-0.15, -0.1) is 22.7 Å². The molecule has 6 rings (SSSR count). The maximum Gasteiger partial charge on any atom is 0.353 e. The molecule has 3 aromatic rings. The zero-order valence-corrected chi connectivity index (χ0v) is 20.2. The number of piperidine rings is 3. The van der Waals surface area contributed by atoms with Gasteiger partial charge in [0.1, 0.15) is 5.75 Å². The van der Waals surface area contributed by atoms with E-state index in [0.717, 1.165) is 42.7 Å². The van der Waals surface area contributed by atoms with Gasteiger partial charge in [0.2, 0.25) is 11.8 Å². The van der Waals surface area contributed by atoms with Crippen molar-refractivity contribution in [3.63, 3.8) is 0 Å². The number of esters is 1. The molecule has 2 aromatic heterocycles. The summed E-state index contributed by atoms with van der Waals surface area (Å²) < 4.78 is 12.9. The average molecular weight is 485 g/mol. The van der Waals surface area contributed by atoms with Crippen LogP contribution in [0.3, 0.4) is 0 Å². The van der Waals surface area contributed by atoms with Crippen LogP contribution in [0, 0.1) is 5.92 Å². The molecule has 174 valence electrons. The van der Waals surface area contributed by atoms with Crippen molar-refractivity contribution >= 4 is 28.6 Å². The van der Waals surface area contributed by atoms with Crippen LogP contribution in [0.5, 0.6) is 5.75 Å². The van der Waals surface area contributed by atoms with Gasteiger partial charge in [-0.2, -0.15) is 0 Å². The van der Waals surface area contributed by atoms with Crippen molar-refractivity contribution in [2.24, 2.45) is 5.92 Å². The van der Waals surface area contributed by atoms with Gasteiger partial charge in [0.05, 0.1) is 36.0 Å². The molecule has 3 aliphatic rings. The third-order valence-corrected chi connectivity index (χ3v) is 9.12. The van der Waals surface area contributed by atoms with E-state index in [1.54, 1.807) is 0 Å². The highest BCUT2D eigenvalue weighted by molar-refractivity contribution is 7.12. The minimum Gasteiger partial charge on any atom is -0.493 e. The summed E-state index contributed by atoms with van der Waals surface area (Å²) >= 11 is 2.76. The lowest BCUT2D eigenvalue weighted by atomic mass is 9.84. The first kappa shape index (κ1) is 22.6. The standard InChI is InChI=1S/C26H30NO4S2/c28-25(26(29,22-9-4-17-32-22)23-10-5-18-33-23)31-24-19-20-11-14-27(24,15-12-20)13-6-16-30-21-7-2-1-3-8-21/h1-5,7-10,17-18,20,24,29H,6,11-16,19H2/q+1. The average Bonchev–Trinajstić information content (AvgIpc) is 3.58. The smallest absolute Gasteiger partial charge is 0.353 e. The molecular weight excluding hydrogens is 454 g/mol. The van der Waals surface area contributed by atoms with Gasteiger partial charge in [-0.1, -0.05) is 30.3 Å². The number of fused-ring (bicyclic) bond motifs is 3. The molecule has 1 atom stereocenters. The largest absolute Gasteiger partial charge is 0.493 e. The molecule has 3 aliphatic heterocycles. The fourth-order valence-electron chi connectivity index (χ4n) is 5.28. The van der Waals surface area contributed by atoms with Crippen molar-refractivity contribution in [3.8, 4) is 5.75 Å². The number of para-hydroxylation sites is 1. The number of rotatable bonds is 9. The molecule has 2 bridgehead atoms. The second-order valence-electron chi connectivity index (χ2n) is 9.11. The van der Waals surface area contributed by atoms with Crippen molar-refractivity contribution in [2.45, 2.75) is 37.5 Å². The van der Waals surface area contributed by atoms with Gasteiger partial charge in [0.25, 0.3) is 0 Å². The predicted molar refractivity (Wildman–Crippen MR) is 130 cm³/mol. The number of ether oxygens (including phenoxy) is 2. The third kappa shape index (κ3) is 4.47. The van der Waals surface area contributed by atoms with E-state index in [1.807, 2.05) is 65.4 Å². The first-order valence-electron chi connectivity index (χ1n) is 11.7. The Morgan fingerprint density at radius 2 is 1.67 bits per heavy atom. The van der Waals surface area contributed by atoms with Crippen LogP contribution in [0.4, 0.5) is 0 Å². The Bertz CT molecular complexity index is 993. The van der Waals surface area contributed by atoms with E-state index in [4.69, 9.17) is 9.47 Å². The van der Waals surface area contributed by atoms with Gasteiger partial charge in [-0.05, 0) is 40.9 Å². The summed E-state index contributed by atoms with van der Waals surface area (Å²) in [4.78, 5) is 14.8. The Balaban J connectivity index is 1.30. The minimum atomic E-state index is -1.75. The highest BCUT2D eigenvalue weighted by Gasteiger charge is 2.52. The second kappa shape index (κ2) is 9.58. The van der Waals surface area contributed by atoms with E-state index >= 15 is 0 Å². The molecule has 3 saturated heterocycles. The SMILES string of the molecule is O=C(OC1CC2CC[N+]1(CCCOc1ccccc1)CC2)C(O)(c1cccs1)c1cccs1. The molecule has 5 heterocycles. The summed E-state index contributed by atoms with van der Waals surface area (Å²) in [5.74, 6) is 0.928. The summed E-state index contributed by atoms with van der Waals surface area (Å²) in [5.41, 5.74) is -1.75. The minimum absolute atomic E-state index is 0.215. The van der Waals surface area contributed by atoms with Gasteiger partial charge >= 0.3 is 5.97 Å². The van der Waals surface area contributed by atoms with Crippen molar-refractivity contribution in [3.05, 3.63) is 75.1 Å². The summed E-state index contributed by atoms with van der Waals surface area (Å²) in [6, 6.07) is 17.2. The number of aliphatic hydroxyl groups is 1. The Morgan fingerprint density at radius 3 is 2.27 bits per heavy atom. The van der Waals surface area contributed by atoms with Crippen LogP contribution in [0.1, 0.15) is 35.4 Å². The van der Waals surface area contributed by atoms with E-state index in [9.17, 15) is 9.90 Å². The van der Waals surface area contributed by atoms with Crippen molar-refractivity contribution in [1.29, 1.82) is 0 Å². The molecule has 0 amide bonds. The van der Waals surface area contributed by atoms with Gasteiger partial charge in [-0.3, -0.25) is 4.48 Å². The molecule has 1 unspecified atom stereocenters. The lowest BCUT2D eigenvalue weighted by Crippen LogP contribution is -2.66. The maximum atomic E-state index is 13.6. The fourth-order valence-corrected chi connectivity index (χ4v) is 7.00. The van der Waals surface area contributed by atoms with E-state index in [2.05, 4.69) is 0 Å². The number of hydrogen-bond donors (Lipinski definition) is 1. The quantitative estimate of drug-likeness (QED) is 0.263. The van der Waals surface area contributed by atoms with Gasteiger partial charge < -0.3 is 14.6 Å². The number of benzene rings is 1. The molecule has 1 aromatic carbocycles. The van der Waals surface area contributed by atoms with E-state index in [1.165, 1.54) is 35.5 Å². The molecule has 5 nitrogen and oxygen atoms in total. The monoisotopic (exact) mass is 484 g/mol. The topological polar surface area (TPSA) is 55.8 Å². The molecule has 0 aliphatic carbocycles. The second-order valence-corrected chi connectivity index (χ2v) is 11.0. The fraction of sp³-hybridized carbons (Fsp3) is 0.423. The van der Waals surface area contributed by atoms with E-state index in [-0.39, 0.29) is 6.23 Å². The molecule has 1 N–H and O–H groups in total. The summed E-state index contributed by atoms with van der Waals surface area (Å²) in [5, 5.41) is 15.4. The third-order valence-electron chi connectivity index (χ3n) is 7.16. The first-order chi connectivity index (χ1) is 16.1. The van der Waals surface area contributed by atoms with Crippen molar-refractivity contribution in [1.82, 2.24) is 0 Å². The Morgan fingerprint density at radius 1 is 1.00 bits per heavy atom.